The topological polar surface area (TPSA) is 84.7 Å². The average molecular weight is 231 g/mol. The van der Waals surface area contributed by atoms with Crippen molar-refractivity contribution in [1.29, 1.82) is 0 Å². The van der Waals surface area contributed by atoms with Crippen LogP contribution in [0.15, 0.2) is 0 Å². The molecule has 0 aromatic rings. The number of ether oxygens (including phenoxy) is 1. The summed E-state index contributed by atoms with van der Waals surface area (Å²) in [4.78, 5) is 23.6. The second-order valence-electron chi connectivity index (χ2n) is 3.26. The molecule has 0 aliphatic heterocycles. The number of nitrogens with zero attached hydrogens (tertiary/aromatic N) is 1. The first-order chi connectivity index (χ1) is 7.61. The van der Waals surface area contributed by atoms with Gasteiger partial charge in [0.15, 0.2) is 0 Å². The molecule has 0 radical (unpaired) electrons. The molecule has 0 fully saturated rings. The van der Waals surface area contributed by atoms with E-state index in [-0.39, 0.29) is 12.5 Å². The van der Waals surface area contributed by atoms with Crippen molar-refractivity contribution in [1.82, 2.24) is 10.2 Å². The molecule has 16 heavy (non-hydrogen) atoms. The summed E-state index contributed by atoms with van der Waals surface area (Å²) in [6.07, 6.45) is 0. The summed E-state index contributed by atoms with van der Waals surface area (Å²) < 4.78 is 4.93. The number of rotatable bonds is 9. The van der Waals surface area contributed by atoms with Gasteiger partial charge in [0.1, 0.15) is 6.61 Å². The lowest BCUT2D eigenvalue weighted by Gasteiger charge is -2.18. The van der Waals surface area contributed by atoms with Gasteiger partial charge in [0.25, 0.3) is 0 Å². The largest absolute Gasteiger partial charge is 0.370 e. The van der Waals surface area contributed by atoms with Crippen LogP contribution in [0, 0.1) is 0 Å². The standard InChI is InChI=1S/C10H21N3O3/c1-3-13(4-2)10(15)7-12-5-6-16-8-9(11)14/h12H,3-8H2,1-2H3,(H2,11,14). The lowest BCUT2D eigenvalue weighted by Crippen LogP contribution is -2.38. The van der Waals surface area contributed by atoms with E-state index in [4.69, 9.17) is 10.5 Å². The molecule has 0 heterocycles. The zero-order valence-electron chi connectivity index (χ0n) is 9.99. The van der Waals surface area contributed by atoms with Crippen LogP contribution >= 0.6 is 0 Å². The van der Waals surface area contributed by atoms with Crippen molar-refractivity contribution in [3.63, 3.8) is 0 Å². The minimum absolute atomic E-state index is 0.0694. The van der Waals surface area contributed by atoms with Gasteiger partial charge in [-0.15, -0.1) is 0 Å². The monoisotopic (exact) mass is 231 g/mol. The average Bonchev–Trinajstić information content (AvgIpc) is 2.24. The molecule has 6 heteroatoms. The van der Waals surface area contributed by atoms with E-state index >= 15 is 0 Å². The Morgan fingerprint density at radius 2 is 1.94 bits per heavy atom. The molecule has 0 bridgehead atoms. The second kappa shape index (κ2) is 9.11. The third-order valence-corrected chi connectivity index (χ3v) is 2.06. The summed E-state index contributed by atoms with van der Waals surface area (Å²) in [5.41, 5.74) is 4.89. The van der Waals surface area contributed by atoms with Crippen LogP contribution in [0.4, 0.5) is 0 Å². The van der Waals surface area contributed by atoms with Crippen molar-refractivity contribution in [2.75, 3.05) is 39.4 Å². The lowest BCUT2D eigenvalue weighted by atomic mass is 10.4. The van der Waals surface area contributed by atoms with Crippen LogP contribution in [0.25, 0.3) is 0 Å². The number of primary amides is 1. The molecule has 0 aromatic carbocycles. The maximum Gasteiger partial charge on any atom is 0.243 e. The van der Waals surface area contributed by atoms with E-state index in [0.29, 0.717) is 19.7 Å². The van der Waals surface area contributed by atoms with Gasteiger partial charge in [0.2, 0.25) is 11.8 Å². The van der Waals surface area contributed by atoms with Gasteiger partial charge in [-0.25, -0.2) is 0 Å². The van der Waals surface area contributed by atoms with E-state index in [9.17, 15) is 9.59 Å². The van der Waals surface area contributed by atoms with E-state index in [0.717, 1.165) is 13.1 Å². The highest BCUT2D eigenvalue weighted by Crippen LogP contribution is 1.86. The van der Waals surface area contributed by atoms with Crippen molar-refractivity contribution in [2.24, 2.45) is 5.73 Å². The molecule has 2 amide bonds. The molecule has 3 N–H and O–H groups in total. The minimum Gasteiger partial charge on any atom is -0.370 e. The number of likely N-dealkylation sites (N-methyl/N-ethyl adjacent to an activating group) is 1. The Morgan fingerprint density at radius 1 is 1.31 bits per heavy atom. The van der Waals surface area contributed by atoms with Gasteiger partial charge in [0, 0.05) is 19.6 Å². The Kier molecular flexibility index (Phi) is 8.46. The molecule has 0 aliphatic carbocycles. The van der Waals surface area contributed by atoms with Gasteiger partial charge in [0.05, 0.1) is 13.2 Å². The van der Waals surface area contributed by atoms with Gasteiger partial charge in [-0.3, -0.25) is 9.59 Å². The van der Waals surface area contributed by atoms with Crippen molar-refractivity contribution in [2.45, 2.75) is 13.8 Å². The van der Waals surface area contributed by atoms with Crippen LogP contribution in [0.3, 0.4) is 0 Å². The number of hydrogen-bond acceptors (Lipinski definition) is 4. The molecule has 6 nitrogen and oxygen atoms in total. The Balaban J connectivity index is 3.44. The molecule has 0 saturated heterocycles. The van der Waals surface area contributed by atoms with Crippen molar-refractivity contribution < 1.29 is 14.3 Å². The molecule has 94 valence electrons. The summed E-state index contributed by atoms with van der Waals surface area (Å²) >= 11 is 0. The zero-order chi connectivity index (χ0) is 12.4. The Morgan fingerprint density at radius 3 is 2.44 bits per heavy atom. The third kappa shape index (κ3) is 7.19. The molecule has 0 saturated carbocycles. The summed E-state index contributed by atoms with van der Waals surface area (Å²) in [6, 6.07) is 0. The van der Waals surface area contributed by atoms with Crippen LogP contribution in [0.2, 0.25) is 0 Å². The lowest BCUT2D eigenvalue weighted by molar-refractivity contribution is -0.130. The summed E-state index contributed by atoms with van der Waals surface area (Å²) in [5.74, 6) is -0.417. The fourth-order valence-corrected chi connectivity index (χ4v) is 1.20. The van der Waals surface area contributed by atoms with Crippen LogP contribution in [-0.2, 0) is 14.3 Å². The smallest absolute Gasteiger partial charge is 0.243 e. The molecule has 0 aliphatic rings. The van der Waals surface area contributed by atoms with Crippen molar-refractivity contribution in [3.8, 4) is 0 Å². The number of carbonyl (C=O) groups is 2. The molecule has 0 atom stereocenters. The van der Waals surface area contributed by atoms with E-state index in [1.807, 2.05) is 13.8 Å². The number of amides is 2. The Labute approximate surface area is 96.1 Å². The number of nitrogens with two attached hydrogens (primary N) is 1. The van der Waals surface area contributed by atoms with E-state index in [1.165, 1.54) is 0 Å². The number of nitrogens with one attached hydrogen (secondary N) is 1. The van der Waals surface area contributed by atoms with Gasteiger partial charge in [-0.1, -0.05) is 0 Å². The summed E-state index contributed by atoms with van der Waals surface area (Å²) in [7, 11) is 0. The van der Waals surface area contributed by atoms with Crippen LogP contribution in [0.1, 0.15) is 13.8 Å². The first-order valence-corrected chi connectivity index (χ1v) is 5.46. The third-order valence-electron chi connectivity index (χ3n) is 2.06. The maximum absolute atomic E-state index is 11.5. The molecular formula is C10H21N3O3. The van der Waals surface area contributed by atoms with Crippen molar-refractivity contribution in [3.05, 3.63) is 0 Å². The molecule has 0 spiro atoms. The second-order valence-corrected chi connectivity index (χ2v) is 3.26. The Hall–Kier alpha value is -1.14. The molecular weight excluding hydrogens is 210 g/mol. The fourth-order valence-electron chi connectivity index (χ4n) is 1.20. The summed E-state index contributed by atoms with van der Waals surface area (Å²) in [5, 5.41) is 2.94. The molecule has 0 unspecified atom stereocenters. The van der Waals surface area contributed by atoms with Gasteiger partial charge >= 0.3 is 0 Å². The van der Waals surface area contributed by atoms with Crippen LogP contribution in [-0.4, -0.2) is 56.1 Å². The molecule has 0 rings (SSSR count). The highest BCUT2D eigenvalue weighted by atomic mass is 16.5. The zero-order valence-corrected chi connectivity index (χ0v) is 9.99. The highest BCUT2D eigenvalue weighted by Gasteiger charge is 2.07. The van der Waals surface area contributed by atoms with Crippen LogP contribution in [0.5, 0.6) is 0 Å². The van der Waals surface area contributed by atoms with E-state index in [2.05, 4.69) is 5.32 Å². The van der Waals surface area contributed by atoms with Crippen molar-refractivity contribution >= 4 is 11.8 Å². The van der Waals surface area contributed by atoms with E-state index in [1.54, 1.807) is 4.90 Å². The van der Waals surface area contributed by atoms with Gasteiger partial charge < -0.3 is 20.7 Å². The quantitative estimate of drug-likeness (QED) is 0.496. The maximum atomic E-state index is 11.5. The predicted molar refractivity (Wildman–Crippen MR) is 60.8 cm³/mol. The predicted octanol–water partition coefficient (Wildman–Crippen LogP) is -1.05. The summed E-state index contributed by atoms with van der Waals surface area (Å²) in [6.45, 7) is 6.43. The fraction of sp³-hybridized carbons (Fsp3) is 0.800. The highest BCUT2D eigenvalue weighted by molar-refractivity contribution is 5.78. The number of carbonyl (C=O) groups excluding carboxylic acids is 2. The number of hydrogen-bond donors (Lipinski definition) is 2. The SMILES string of the molecule is CCN(CC)C(=O)CNCCOCC(N)=O. The van der Waals surface area contributed by atoms with Gasteiger partial charge in [-0.2, -0.15) is 0 Å². The van der Waals surface area contributed by atoms with E-state index < -0.39 is 5.91 Å². The minimum atomic E-state index is -0.487. The first kappa shape index (κ1) is 14.9. The first-order valence-electron chi connectivity index (χ1n) is 5.46. The normalized spacial score (nSPS) is 10.1. The van der Waals surface area contributed by atoms with Crippen LogP contribution < -0.4 is 11.1 Å². The van der Waals surface area contributed by atoms with Gasteiger partial charge in [-0.05, 0) is 13.8 Å². The molecule has 0 aromatic heterocycles. The Bertz CT molecular complexity index is 217.